The van der Waals surface area contributed by atoms with Crippen molar-refractivity contribution in [2.24, 2.45) is 5.92 Å². The number of amides is 2. The van der Waals surface area contributed by atoms with Crippen molar-refractivity contribution >= 4 is 46.3 Å². The van der Waals surface area contributed by atoms with Crippen molar-refractivity contribution < 1.29 is 14.3 Å². The molecule has 4 aromatic rings. The number of carbonyl (C=O) groups excluding carboxylic acids is 2. The average Bonchev–Trinajstić information content (AvgIpc) is 3.40. The Balaban J connectivity index is 1.12. The summed E-state index contributed by atoms with van der Waals surface area (Å²) < 4.78 is 8.60. The van der Waals surface area contributed by atoms with Crippen molar-refractivity contribution in [1.82, 2.24) is 19.4 Å². The van der Waals surface area contributed by atoms with Crippen LogP contribution >= 0.6 is 11.8 Å². The van der Waals surface area contributed by atoms with Crippen molar-refractivity contribution in [1.29, 1.82) is 0 Å². The topological polar surface area (TPSA) is 92.6 Å². The molecule has 0 aliphatic carbocycles. The third kappa shape index (κ3) is 7.16. The lowest BCUT2D eigenvalue weighted by molar-refractivity contribution is -0.116. The van der Waals surface area contributed by atoms with E-state index < -0.39 is 5.60 Å². The van der Waals surface area contributed by atoms with E-state index in [0.29, 0.717) is 24.7 Å². The summed E-state index contributed by atoms with van der Waals surface area (Å²) in [6.45, 7) is 7.78. The fraction of sp³-hybridized carbons (Fsp3) is 0.355. The predicted molar refractivity (Wildman–Crippen MR) is 161 cm³/mol. The van der Waals surface area contributed by atoms with Gasteiger partial charge in [0.05, 0.1) is 23.1 Å². The van der Waals surface area contributed by atoms with Crippen molar-refractivity contribution in [3.8, 4) is 5.69 Å². The standard InChI is InChI=1S/C31H35ClN6O3/c1-31(2,3)41-30(40)36-15-13-22(14-16-36)19-33-28-12-11-23(20-34-28)17-29(39)38(32)25-8-6-7-24(18-25)37-21-35-26-9-4-5-10-27(26)37/h4-12,18,20-22H,13-17,19H2,1-3H3,(H,33,34). The first kappa shape index (κ1) is 28.4. The second-order valence-corrected chi connectivity index (χ2v) is 11.7. The van der Waals surface area contributed by atoms with Gasteiger partial charge in [0.2, 0.25) is 5.91 Å². The second-order valence-electron chi connectivity index (χ2n) is 11.3. The van der Waals surface area contributed by atoms with Gasteiger partial charge in [-0.3, -0.25) is 9.36 Å². The highest BCUT2D eigenvalue weighted by Gasteiger charge is 2.26. The van der Waals surface area contributed by atoms with Gasteiger partial charge in [0.1, 0.15) is 17.7 Å². The number of halogens is 1. The minimum absolute atomic E-state index is 0.123. The molecule has 1 aliphatic rings. The Kier molecular flexibility index (Phi) is 8.44. The van der Waals surface area contributed by atoms with Crippen LogP contribution in [0.4, 0.5) is 16.3 Å². The molecule has 9 nitrogen and oxygen atoms in total. The molecule has 0 bridgehead atoms. The van der Waals surface area contributed by atoms with Gasteiger partial charge in [0, 0.05) is 43.3 Å². The first-order chi connectivity index (χ1) is 19.7. The summed E-state index contributed by atoms with van der Waals surface area (Å²) in [6.07, 6.45) is 5.15. The van der Waals surface area contributed by atoms with E-state index in [4.69, 9.17) is 16.5 Å². The molecule has 0 radical (unpaired) electrons. The first-order valence-electron chi connectivity index (χ1n) is 13.8. The summed E-state index contributed by atoms with van der Waals surface area (Å²) in [5.74, 6) is 0.940. The van der Waals surface area contributed by atoms with Gasteiger partial charge in [0.25, 0.3) is 0 Å². The Labute approximate surface area is 245 Å². The molecule has 0 atom stereocenters. The lowest BCUT2D eigenvalue weighted by atomic mass is 9.97. The third-order valence-corrected chi connectivity index (χ3v) is 7.41. The van der Waals surface area contributed by atoms with Gasteiger partial charge < -0.3 is 15.0 Å². The number of aromatic nitrogens is 3. The minimum Gasteiger partial charge on any atom is -0.444 e. The molecule has 2 aromatic heterocycles. The number of fused-ring (bicyclic) bond motifs is 1. The third-order valence-electron chi connectivity index (χ3n) is 7.03. The number of piperidine rings is 1. The van der Waals surface area contributed by atoms with Crippen LogP contribution in [0, 0.1) is 5.92 Å². The van der Waals surface area contributed by atoms with Crippen LogP contribution in [0.25, 0.3) is 16.7 Å². The van der Waals surface area contributed by atoms with Gasteiger partial charge in [-0.25, -0.2) is 19.2 Å². The van der Waals surface area contributed by atoms with E-state index in [2.05, 4.69) is 15.3 Å². The number of imidazole rings is 1. The number of nitrogens with zero attached hydrogens (tertiary/aromatic N) is 5. The van der Waals surface area contributed by atoms with Crippen molar-refractivity contribution in [2.45, 2.75) is 45.6 Å². The summed E-state index contributed by atoms with van der Waals surface area (Å²) in [4.78, 5) is 36.0. The molecule has 1 saturated heterocycles. The molecule has 41 heavy (non-hydrogen) atoms. The van der Waals surface area contributed by atoms with Crippen molar-refractivity contribution in [3.05, 3.63) is 78.8 Å². The number of benzene rings is 2. The molecule has 2 amide bonds. The zero-order valence-corrected chi connectivity index (χ0v) is 24.3. The SMILES string of the molecule is CC(C)(C)OC(=O)N1CCC(CNc2ccc(CC(=O)N(Cl)c3cccc(-n4cnc5ccccc54)c3)cn2)CC1. The number of anilines is 2. The van der Waals surface area contributed by atoms with Gasteiger partial charge in [0.15, 0.2) is 0 Å². The lowest BCUT2D eigenvalue weighted by Crippen LogP contribution is -2.42. The van der Waals surface area contributed by atoms with E-state index in [1.807, 2.05) is 79.9 Å². The fourth-order valence-electron chi connectivity index (χ4n) is 4.85. The molecule has 0 saturated carbocycles. The fourth-order valence-corrected chi connectivity index (χ4v) is 5.01. The predicted octanol–water partition coefficient (Wildman–Crippen LogP) is 6.21. The zero-order valence-electron chi connectivity index (χ0n) is 23.6. The van der Waals surface area contributed by atoms with E-state index >= 15 is 0 Å². The molecule has 0 unspecified atom stereocenters. The van der Waals surface area contributed by atoms with Crippen molar-refractivity contribution in [3.63, 3.8) is 0 Å². The Bertz CT molecular complexity index is 1510. The van der Waals surface area contributed by atoms with Gasteiger partial charge in [-0.1, -0.05) is 24.3 Å². The number of para-hydroxylation sites is 2. The summed E-state index contributed by atoms with van der Waals surface area (Å²) in [7, 11) is 0. The van der Waals surface area contributed by atoms with Crippen LogP contribution < -0.4 is 9.74 Å². The molecule has 10 heteroatoms. The van der Waals surface area contributed by atoms with E-state index in [9.17, 15) is 9.59 Å². The summed E-state index contributed by atoms with van der Waals surface area (Å²) in [5, 5.41) is 3.38. The Morgan fingerprint density at radius 1 is 1.05 bits per heavy atom. The maximum atomic E-state index is 13.0. The van der Waals surface area contributed by atoms with Crippen LogP contribution in [0.15, 0.2) is 73.2 Å². The van der Waals surface area contributed by atoms with Crippen molar-refractivity contribution in [2.75, 3.05) is 29.4 Å². The van der Waals surface area contributed by atoms with E-state index in [-0.39, 0.29) is 18.4 Å². The number of carbonyl (C=O) groups is 2. The monoisotopic (exact) mass is 574 g/mol. The zero-order chi connectivity index (χ0) is 29.0. The van der Waals surface area contributed by atoms with Gasteiger partial charge >= 0.3 is 6.09 Å². The number of nitrogens with one attached hydrogen (secondary N) is 1. The van der Waals surface area contributed by atoms with E-state index in [1.165, 1.54) is 0 Å². The number of hydrogen-bond donors (Lipinski definition) is 1. The maximum Gasteiger partial charge on any atom is 0.410 e. The molecule has 214 valence electrons. The Morgan fingerprint density at radius 2 is 1.83 bits per heavy atom. The second kappa shape index (κ2) is 12.2. The molecular weight excluding hydrogens is 540 g/mol. The van der Waals surface area contributed by atoms with Crippen LogP contribution in [0.1, 0.15) is 39.2 Å². The minimum atomic E-state index is -0.484. The molecule has 3 heterocycles. The smallest absolute Gasteiger partial charge is 0.410 e. The molecule has 1 aliphatic heterocycles. The summed E-state index contributed by atoms with van der Waals surface area (Å²) >= 11 is 6.48. The van der Waals surface area contributed by atoms with Crippen LogP contribution in [0.5, 0.6) is 0 Å². The molecule has 1 N–H and O–H groups in total. The highest BCUT2D eigenvalue weighted by molar-refractivity contribution is 6.36. The Hall–Kier alpha value is -4.11. The number of rotatable bonds is 7. The number of hydrogen-bond acceptors (Lipinski definition) is 6. The molecule has 1 fully saturated rings. The number of pyridine rings is 1. The summed E-state index contributed by atoms with van der Waals surface area (Å²) in [5.41, 5.74) is 3.60. The average molecular weight is 575 g/mol. The lowest BCUT2D eigenvalue weighted by Gasteiger charge is -2.33. The van der Waals surface area contributed by atoms with Crippen LogP contribution in [0.3, 0.4) is 0 Å². The van der Waals surface area contributed by atoms with Crippen LogP contribution in [0.2, 0.25) is 0 Å². The van der Waals surface area contributed by atoms with E-state index in [1.54, 1.807) is 23.5 Å². The maximum absolute atomic E-state index is 13.0. The van der Waals surface area contributed by atoms with E-state index in [0.717, 1.165) is 51.9 Å². The normalized spacial score (nSPS) is 14.2. The molecule has 2 aromatic carbocycles. The van der Waals surface area contributed by atoms with Gasteiger partial charge in [-0.2, -0.15) is 0 Å². The van der Waals surface area contributed by atoms with Gasteiger partial charge in [-0.15, -0.1) is 0 Å². The molecule has 0 spiro atoms. The largest absolute Gasteiger partial charge is 0.444 e. The Morgan fingerprint density at radius 3 is 2.56 bits per heavy atom. The molecule has 5 rings (SSSR count). The number of likely N-dealkylation sites (tertiary alicyclic amines) is 1. The summed E-state index contributed by atoms with van der Waals surface area (Å²) in [6, 6.07) is 19.1. The van der Waals surface area contributed by atoms with Crippen LogP contribution in [-0.2, 0) is 16.0 Å². The number of ether oxygens (including phenoxy) is 1. The highest BCUT2D eigenvalue weighted by atomic mass is 35.5. The highest BCUT2D eigenvalue weighted by Crippen LogP contribution is 2.25. The molecular formula is C31H35ClN6O3. The first-order valence-corrected chi connectivity index (χ1v) is 14.2. The van der Waals surface area contributed by atoms with Crippen LogP contribution in [-0.4, -0.2) is 56.7 Å². The quantitative estimate of drug-likeness (QED) is 0.264. The van der Waals surface area contributed by atoms with Gasteiger partial charge in [-0.05, 0) is 81.5 Å².